The van der Waals surface area contributed by atoms with Gasteiger partial charge in [0, 0.05) is 18.8 Å². The van der Waals surface area contributed by atoms with E-state index in [0.29, 0.717) is 22.3 Å². The summed E-state index contributed by atoms with van der Waals surface area (Å²) < 4.78 is 78.3. The molecule has 0 bridgehead atoms. The standard InChI is InChI=1S/C22H19F4N5O5S/c1-13-2-4-15(8-17(13)23)16-6-7-30(11-18(16)32)20-28-12-31(21(33)29-20)10-14-3-5-19(27-9-14)36-37(34,35)22(24,25)26/h2-6,8-9,12,18,32H,7,10-11H2,1H3. The summed E-state index contributed by atoms with van der Waals surface area (Å²) in [6.07, 6.45) is 2.96. The van der Waals surface area contributed by atoms with E-state index in [1.165, 1.54) is 18.5 Å². The van der Waals surface area contributed by atoms with Gasteiger partial charge in [0.2, 0.25) is 11.8 Å². The first-order valence-corrected chi connectivity index (χ1v) is 12.0. The Morgan fingerprint density at radius 1 is 1.19 bits per heavy atom. The minimum atomic E-state index is -5.85. The zero-order valence-electron chi connectivity index (χ0n) is 19.1. The Morgan fingerprint density at radius 3 is 2.54 bits per heavy atom. The highest BCUT2D eigenvalue weighted by atomic mass is 32.2. The van der Waals surface area contributed by atoms with E-state index >= 15 is 0 Å². The fraction of sp³-hybridized carbons (Fsp3) is 0.273. The van der Waals surface area contributed by atoms with Crippen molar-refractivity contribution in [3.8, 4) is 5.88 Å². The highest BCUT2D eigenvalue weighted by Crippen LogP contribution is 2.27. The molecule has 0 spiro atoms. The topological polar surface area (TPSA) is 128 Å². The lowest BCUT2D eigenvalue weighted by molar-refractivity contribution is -0.0501. The van der Waals surface area contributed by atoms with Crippen LogP contribution in [0.25, 0.3) is 5.57 Å². The van der Waals surface area contributed by atoms with E-state index in [-0.39, 0.29) is 31.4 Å². The minimum Gasteiger partial charge on any atom is -0.387 e. The summed E-state index contributed by atoms with van der Waals surface area (Å²) in [4.78, 5) is 25.6. The van der Waals surface area contributed by atoms with E-state index in [0.717, 1.165) is 16.8 Å². The molecular weight excluding hydrogens is 522 g/mol. The number of anilines is 1. The molecule has 2 aromatic heterocycles. The van der Waals surface area contributed by atoms with Crippen molar-refractivity contribution in [1.82, 2.24) is 19.5 Å². The molecule has 1 atom stereocenters. The average Bonchev–Trinajstić information content (AvgIpc) is 2.82. The first kappa shape index (κ1) is 26.2. The number of aliphatic hydroxyl groups excluding tert-OH is 1. The van der Waals surface area contributed by atoms with E-state index in [1.54, 1.807) is 30.0 Å². The third-order valence-electron chi connectivity index (χ3n) is 5.45. The van der Waals surface area contributed by atoms with Crippen molar-refractivity contribution >= 4 is 21.6 Å². The molecule has 0 aliphatic carbocycles. The van der Waals surface area contributed by atoms with Crippen LogP contribution in [0.5, 0.6) is 5.88 Å². The maximum Gasteiger partial charge on any atom is 0.534 e. The summed E-state index contributed by atoms with van der Waals surface area (Å²) in [6, 6.07) is 6.83. The number of pyridine rings is 1. The fourth-order valence-corrected chi connectivity index (χ4v) is 3.91. The predicted molar refractivity (Wildman–Crippen MR) is 123 cm³/mol. The highest BCUT2D eigenvalue weighted by molar-refractivity contribution is 7.87. The summed E-state index contributed by atoms with van der Waals surface area (Å²) in [6.45, 7) is 1.86. The number of rotatable bonds is 6. The number of hydrogen-bond donors (Lipinski definition) is 1. The number of benzene rings is 1. The Labute approximate surface area is 207 Å². The number of nitrogens with zero attached hydrogens (tertiary/aromatic N) is 5. The predicted octanol–water partition coefficient (Wildman–Crippen LogP) is 2.02. The fourth-order valence-electron chi connectivity index (χ4n) is 3.49. The summed E-state index contributed by atoms with van der Waals surface area (Å²) >= 11 is 0. The summed E-state index contributed by atoms with van der Waals surface area (Å²) in [5.74, 6) is -1.11. The van der Waals surface area contributed by atoms with Crippen molar-refractivity contribution in [3.05, 3.63) is 81.9 Å². The largest absolute Gasteiger partial charge is 0.534 e. The van der Waals surface area contributed by atoms with Crippen LogP contribution in [0.1, 0.15) is 16.7 Å². The van der Waals surface area contributed by atoms with Crippen molar-refractivity contribution in [2.45, 2.75) is 25.1 Å². The molecule has 4 rings (SSSR count). The van der Waals surface area contributed by atoms with E-state index in [1.807, 2.05) is 0 Å². The molecule has 3 aromatic rings. The Balaban J connectivity index is 1.44. The van der Waals surface area contributed by atoms with Crippen LogP contribution in [-0.4, -0.2) is 57.7 Å². The monoisotopic (exact) mass is 541 g/mol. The van der Waals surface area contributed by atoms with Crippen molar-refractivity contribution in [1.29, 1.82) is 0 Å². The zero-order valence-corrected chi connectivity index (χ0v) is 19.9. The van der Waals surface area contributed by atoms with Crippen molar-refractivity contribution in [2.75, 3.05) is 18.0 Å². The minimum absolute atomic E-state index is 0.0601. The molecule has 1 aliphatic rings. The quantitative estimate of drug-likeness (QED) is 0.283. The Morgan fingerprint density at radius 2 is 1.95 bits per heavy atom. The number of aliphatic hydroxyl groups is 1. The van der Waals surface area contributed by atoms with Crippen LogP contribution in [-0.2, 0) is 16.7 Å². The van der Waals surface area contributed by atoms with Gasteiger partial charge in [-0.05, 0) is 35.3 Å². The zero-order chi connectivity index (χ0) is 27.0. The SMILES string of the molecule is Cc1ccc(C2=CCN(c3ncn(Cc4ccc(OS(=O)(=O)C(F)(F)F)nc4)c(=O)n3)CC2O)cc1F. The molecule has 10 nitrogen and oxygen atoms in total. The summed E-state index contributed by atoms with van der Waals surface area (Å²) in [5, 5.41) is 10.6. The van der Waals surface area contributed by atoms with Crippen LogP contribution in [0, 0.1) is 12.7 Å². The van der Waals surface area contributed by atoms with Gasteiger partial charge in [-0.3, -0.25) is 4.57 Å². The normalized spacial score (nSPS) is 16.4. The van der Waals surface area contributed by atoms with Gasteiger partial charge >= 0.3 is 21.3 Å². The number of hydrogen-bond acceptors (Lipinski definition) is 9. The second-order valence-electron chi connectivity index (χ2n) is 8.10. The first-order chi connectivity index (χ1) is 17.3. The second-order valence-corrected chi connectivity index (χ2v) is 9.64. The molecule has 0 radical (unpaired) electrons. The second kappa shape index (κ2) is 9.89. The van der Waals surface area contributed by atoms with Crippen molar-refractivity contribution in [3.63, 3.8) is 0 Å². The lowest BCUT2D eigenvalue weighted by Crippen LogP contribution is -2.40. The van der Waals surface area contributed by atoms with Gasteiger partial charge in [0.05, 0.1) is 19.2 Å². The van der Waals surface area contributed by atoms with Crippen LogP contribution in [0.3, 0.4) is 0 Å². The van der Waals surface area contributed by atoms with E-state index < -0.39 is 33.3 Å². The summed E-state index contributed by atoms with van der Waals surface area (Å²) in [7, 11) is -5.85. The maximum atomic E-state index is 13.9. The molecule has 37 heavy (non-hydrogen) atoms. The Bertz CT molecular complexity index is 1510. The smallest absolute Gasteiger partial charge is 0.387 e. The molecule has 0 saturated carbocycles. The van der Waals surface area contributed by atoms with Gasteiger partial charge < -0.3 is 14.2 Å². The lowest BCUT2D eigenvalue weighted by Gasteiger charge is -2.30. The number of halogens is 4. The number of β-amino-alcohol motifs (C(OH)–C–C–N with tert-alkyl or cyclic N) is 1. The van der Waals surface area contributed by atoms with Crippen molar-refractivity contribution in [2.24, 2.45) is 0 Å². The van der Waals surface area contributed by atoms with E-state index in [2.05, 4.69) is 19.1 Å². The lowest BCUT2D eigenvalue weighted by atomic mass is 9.96. The van der Waals surface area contributed by atoms with Crippen LogP contribution in [0.2, 0.25) is 0 Å². The van der Waals surface area contributed by atoms with Crippen LogP contribution >= 0.6 is 0 Å². The van der Waals surface area contributed by atoms with Gasteiger partial charge in [0.1, 0.15) is 12.1 Å². The number of aromatic nitrogens is 4. The number of alkyl halides is 3. The van der Waals surface area contributed by atoms with Gasteiger partial charge in [0.15, 0.2) is 0 Å². The Kier molecular flexibility index (Phi) is 7.01. The van der Waals surface area contributed by atoms with Crippen LogP contribution in [0.15, 0.2) is 53.7 Å². The summed E-state index contributed by atoms with van der Waals surface area (Å²) in [5.41, 5.74) is -4.38. The molecule has 1 aromatic carbocycles. The van der Waals surface area contributed by atoms with Gasteiger partial charge in [-0.15, -0.1) is 0 Å². The molecule has 1 N–H and O–H groups in total. The Hall–Kier alpha value is -3.85. The third-order valence-corrected chi connectivity index (χ3v) is 6.41. The molecular formula is C22H19F4N5O5S. The van der Waals surface area contributed by atoms with Gasteiger partial charge in [0.25, 0.3) is 0 Å². The molecule has 3 heterocycles. The number of aryl methyl sites for hydroxylation is 1. The molecule has 0 saturated heterocycles. The van der Waals surface area contributed by atoms with Gasteiger partial charge in [-0.25, -0.2) is 19.2 Å². The van der Waals surface area contributed by atoms with Crippen molar-refractivity contribution < 1.29 is 35.3 Å². The molecule has 0 amide bonds. The average molecular weight is 541 g/mol. The van der Waals surface area contributed by atoms with E-state index in [4.69, 9.17) is 0 Å². The van der Waals surface area contributed by atoms with Gasteiger partial charge in [-0.2, -0.15) is 26.6 Å². The molecule has 1 unspecified atom stereocenters. The molecule has 0 fully saturated rings. The molecule has 15 heteroatoms. The van der Waals surface area contributed by atoms with Crippen LogP contribution < -0.4 is 14.8 Å². The van der Waals surface area contributed by atoms with Gasteiger partial charge in [-0.1, -0.05) is 24.3 Å². The maximum absolute atomic E-state index is 13.9. The third kappa shape index (κ3) is 5.77. The van der Waals surface area contributed by atoms with Crippen LogP contribution in [0.4, 0.5) is 23.5 Å². The highest BCUT2D eigenvalue weighted by Gasteiger charge is 2.48. The first-order valence-electron chi connectivity index (χ1n) is 10.6. The molecule has 196 valence electrons. The van der Waals surface area contributed by atoms with E-state index in [9.17, 15) is 35.9 Å². The molecule has 1 aliphatic heterocycles.